The van der Waals surface area contributed by atoms with Crippen LogP contribution in [0.5, 0.6) is 0 Å². The van der Waals surface area contributed by atoms with E-state index < -0.39 is 0 Å². The van der Waals surface area contributed by atoms with Gasteiger partial charge in [0.05, 0.1) is 7.11 Å². The van der Waals surface area contributed by atoms with Crippen LogP contribution < -0.4 is 5.73 Å². The van der Waals surface area contributed by atoms with Gasteiger partial charge >= 0.3 is 0 Å². The molecule has 1 heterocycles. The second kappa shape index (κ2) is 7.28. The standard InChI is InChI=1S/C19H26N2O2/c1-23-21-11-9-14(10-12-21)16-7-8-17(19(20)22)18(13-16)15-5-3-2-4-6-15/h5,7-8,13-14H,2-4,6,9-12H2,1H3,(H2,20,22). The van der Waals surface area contributed by atoms with Crippen molar-refractivity contribution in [3.8, 4) is 0 Å². The van der Waals surface area contributed by atoms with Crippen LogP contribution in [0.1, 0.15) is 65.9 Å². The molecule has 1 saturated heterocycles. The molecule has 2 aliphatic rings. The molecule has 4 nitrogen and oxygen atoms in total. The lowest BCUT2D eigenvalue weighted by Crippen LogP contribution is -2.32. The summed E-state index contributed by atoms with van der Waals surface area (Å²) in [6.07, 6.45) is 9.04. The number of benzene rings is 1. The van der Waals surface area contributed by atoms with Gasteiger partial charge < -0.3 is 10.6 Å². The number of piperidine rings is 1. The fraction of sp³-hybridized carbons (Fsp3) is 0.526. The zero-order chi connectivity index (χ0) is 16.2. The highest BCUT2D eigenvalue weighted by atomic mass is 16.7. The van der Waals surface area contributed by atoms with Gasteiger partial charge in [-0.05, 0) is 67.2 Å². The Morgan fingerprint density at radius 3 is 2.65 bits per heavy atom. The van der Waals surface area contributed by atoms with Gasteiger partial charge in [0.2, 0.25) is 5.91 Å². The fourth-order valence-electron chi connectivity index (χ4n) is 3.75. The van der Waals surface area contributed by atoms with Crippen LogP contribution in [-0.4, -0.2) is 31.2 Å². The average Bonchev–Trinajstić information content (AvgIpc) is 2.62. The lowest BCUT2D eigenvalue weighted by Gasteiger charge is -2.30. The van der Waals surface area contributed by atoms with Crippen molar-refractivity contribution in [2.75, 3.05) is 20.2 Å². The van der Waals surface area contributed by atoms with E-state index >= 15 is 0 Å². The molecule has 1 aromatic carbocycles. The molecule has 1 amide bonds. The van der Waals surface area contributed by atoms with Crippen molar-refractivity contribution in [1.29, 1.82) is 0 Å². The number of carbonyl (C=O) groups is 1. The minimum absolute atomic E-state index is 0.327. The molecule has 23 heavy (non-hydrogen) atoms. The number of hydrogen-bond acceptors (Lipinski definition) is 3. The number of primary amides is 1. The summed E-state index contributed by atoms with van der Waals surface area (Å²) in [6.45, 7) is 1.91. The number of nitrogens with two attached hydrogens (primary N) is 1. The van der Waals surface area contributed by atoms with Gasteiger partial charge in [0.1, 0.15) is 0 Å². The third-order valence-corrected chi connectivity index (χ3v) is 5.13. The van der Waals surface area contributed by atoms with Gasteiger partial charge in [0.15, 0.2) is 0 Å². The van der Waals surface area contributed by atoms with Crippen molar-refractivity contribution in [3.05, 3.63) is 41.0 Å². The molecular weight excluding hydrogens is 288 g/mol. The van der Waals surface area contributed by atoms with Crippen LogP contribution in [0, 0.1) is 0 Å². The number of amides is 1. The van der Waals surface area contributed by atoms with Crippen LogP contribution in [0.2, 0.25) is 0 Å². The van der Waals surface area contributed by atoms with Crippen molar-refractivity contribution in [1.82, 2.24) is 5.06 Å². The molecule has 2 N–H and O–H groups in total. The first-order chi connectivity index (χ1) is 11.2. The molecule has 0 bridgehead atoms. The third-order valence-electron chi connectivity index (χ3n) is 5.13. The Balaban J connectivity index is 1.88. The predicted molar refractivity (Wildman–Crippen MR) is 92.0 cm³/mol. The van der Waals surface area contributed by atoms with E-state index in [0.717, 1.165) is 44.3 Å². The molecule has 3 rings (SSSR count). The van der Waals surface area contributed by atoms with Crippen LogP contribution in [0.25, 0.3) is 5.57 Å². The first-order valence-corrected chi connectivity index (χ1v) is 8.61. The van der Waals surface area contributed by atoms with Crippen LogP contribution >= 0.6 is 0 Å². The highest BCUT2D eigenvalue weighted by Crippen LogP contribution is 2.34. The maximum absolute atomic E-state index is 11.8. The third kappa shape index (κ3) is 3.65. The topological polar surface area (TPSA) is 55.6 Å². The minimum atomic E-state index is -0.327. The number of hydroxylamine groups is 2. The Kier molecular flexibility index (Phi) is 5.13. The summed E-state index contributed by atoms with van der Waals surface area (Å²) >= 11 is 0. The molecule has 0 saturated carbocycles. The van der Waals surface area contributed by atoms with E-state index in [-0.39, 0.29) is 5.91 Å². The maximum Gasteiger partial charge on any atom is 0.249 e. The number of allylic oxidation sites excluding steroid dienone is 2. The summed E-state index contributed by atoms with van der Waals surface area (Å²) in [6, 6.07) is 6.22. The summed E-state index contributed by atoms with van der Waals surface area (Å²) in [5.74, 6) is 0.207. The summed E-state index contributed by atoms with van der Waals surface area (Å²) in [4.78, 5) is 17.1. The molecule has 0 atom stereocenters. The molecule has 0 aromatic heterocycles. The second-order valence-electron chi connectivity index (χ2n) is 6.53. The summed E-state index contributed by atoms with van der Waals surface area (Å²) < 4.78 is 0. The molecule has 4 heteroatoms. The monoisotopic (exact) mass is 314 g/mol. The second-order valence-corrected chi connectivity index (χ2v) is 6.53. The van der Waals surface area contributed by atoms with E-state index in [4.69, 9.17) is 10.6 Å². The highest BCUT2D eigenvalue weighted by Gasteiger charge is 2.22. The summed E-state index contributed by atoms with van der Waals surface area (Å²) in [5, 5.41) is 2.01. The van der Waals surface area contributed by atoms with Crippen LogP contribution in [0.4, 0.5) is 0 Å². The maximum atomic E-state index is 11.8. The number of nitrogens with zero attached hydrogens (tertiary/aromatic N) is 1. The molecule has 124 valence electrons. The zero-order valence-electron chi connectivity index (χ0n) is 13.9. The largest absolute Gasteiger partial charge is 0.366 e. The summed E-state index contributed by atoms with van der Waals surface area (Å²) in [5.41, 5.74) is 9.94. The molecule has 1 fully saturated rings. The Labute approximate surface area is 138 Å². The molecule has 0 spiro atoms. The van der Waals surface area contributed by atoms with Crippen LogP contribution in [0.15, 0.2) is 24.3 Å². The van der Waals surface area contributed by atoms with Gasteiger partial charge in [-0.15, -0.1) is 0 Å². The fourth-order valence-corrected chi connectivity index (χ4v) is 3.75. The Bertz CT molecular complexity index is 601. The van der Waals surface area contributed by atoms with Gasteiger partial charge in [-0.2, -0.15) is 5.06 Å². The number of rotatable bonds is 4. The quantitative estimate of drug-likeness (QED) is 0.925. The average molecular weight is 314 g/mol. The molecule has 1 aliphatic heterocycles. The van der Waals surface area contributed by atoms with E-state index in [9.17, 15) is 4.79 Å². The zero-order valence-corrected chi connectivity index (χ0v) is 13.9. The van der Waals surface area contributed by atoms with E-state index in [1.54, 1.807) is 7.11 Å². The smallest absolute Gasteiger partial charge is 0.249 e. The van der Waals surface area contributed by atoms with Crippen molar-refractivity contribution in [2.45, 2.75) is 44.4 Å². The Hall–Kier alpha value is -1.65. The SMILES string of the molecule is CON1CCC(c2ccc(C(N)=O)c(C3=CCCCC3)c2)CC1. The lowest BCUT2D eigenvalue weighted by molar-refractivity contribution is -0.143. The van der Waals surface area contributed by atoms with Crippen LogP contribution in [0.3, 0.4) is 0 Å². The van der Waals surface area contributed by atoms with E-state index in [0.29, 0.717) is 11.5 Å². The molecule has 0 radical (unpaired) electrons. The van der Waals surface area contributed by atoms with Crippen molar-refractivity contribution in [3.63, 3.8) is 0 Å². The number of carbonyl (C=O) groups excluding carboxylic acids is 1. The van der Waals surface area contributed by atoms with Gasteiger partial charge in [0, 0.05) is 18.7 Å². The summed E-state index contributed by atoms with van der Waals surface area (Å²) in [7, 11) is 1.73. The Morgan fingerprint density at radius 1 is 1.26 bits per heavy atom. The van der Waals surface area contributed by atoms with Crippen LogP contribution in [-0.2, 0) is 4.84 Å². The van der Waals surface area contributed by atoms with Crippen molar-refractivity contribution in [2.24, 2.45) is 5.73 Å². The van der Waals surface area contributed by atoms with E-state index in [2.05, 4.69) is 18.2 Å². The van der Waals surface area contributed by atoms with Gasteiger partial charge in [-0.25, -0.2) is 0 Å². The highest BCUT2D eigenvalue weighted by molar-refractivity contribution is 5.98. The molecule has 0 unspecified atom stereocenters. The molecule has 1 aliphatic carbocycles. The number of hydrogen-bond donors (Lipinski definition) is 1. The van der Waals surface area contributed by atoms with E-state index in [1.165, 1.54) is 24.0 Å². The first-order valence-electron chi connectivity index (χ1n) is 8.61. The van der Waals surface area contributed by atoms with E-state index in [1.807, 2.05) is 11.1 Å². The predicted octanol–water partition coefficient (Wildman–Crippen LogP) is 3.48. The van der Waals surface area contributed by atoms with Gasteiger partial charge in [-0.1, -0.05) is 18.2 Å². The molecule has 1 aromatic rings. The lowest BCUT2D eigenvalue weighted by atomic mass is 9.84. The van der Waals surface area contributed by atoms with Gasteiger partial charge in [-0.3, -0.25) is 4.79 Å². The van der Waals surface area contributed by atoms with Gasteiger partial charge in [0.25, 0.3) is 0 Å². The van der Waals surface area contributed by atoms with Crippen molar-refractivity contribution < 1.29 is 9.63 Å². The Morgan fingerprint density at radius 2 is 2.04 bits per heavy atom. The normalized spacial score (nSPS) is 20.3. The van der Waals surface area contributed by atoms with Crippen molar-refractivity contribution >= 4 is 11.5 Å². The minimum Gasteiger partial charge on any atom is -0.366 e. The molecular formula is C19H26N2O2. The first kappa shape index (κ1) is 16.2.